The van der Waals surface area contributed by atoms with E-state index in [0.717, 1.165) is 18.5 Å². The SMILES string of the molecule is CC(C)(C)OC(=O)N(C(=O)OC(C)(C)C)c1ncc(-c2cncc(F)c2)nc1C(F)F. The van der Waals surface area contributed by atoms with Crippen LogP contribution in [0.2, 0.25) is 0 Å². The molecule has 0 aliphatic rings. The summed E-state index contributed by atoms with van der Waals surface area (Å²) in [6.45, 7) is 9.24. The average molecular weight is 440 g/mol. The van der Waals surface area contributed by atoms with E-state index in [-0.39, 0.29) is 16.2 Å². The second kappa shape index (κ2) is 8.86. The number of halogens is 3. The van der Waals surface area contributed by atoms with Gasteiger partial charge in [-0.15, -0.1) is 0 Å². The molecule has 2 rings (SSSR count). The highest BCUT2D eigenvalue weighted by molar-refractivity contribution is 6.09. The van der Waals surface area contributed by atoms with Crippen molar-refractivity contribution >= 4 is 18.0 Å². The molecule has 2 amide bonds. The number of alkyl halides is 2. The minimum Gasteiger partial charge on any atom is -0.443 e. The Morgan fingerprint density at radius 3 is 1.97 bits per heavy atom. The van der Waals surface area contributed by atoms with Crippen molar-refractivity contribution in [1.82, 2.24) is 15.0 Å². The number of hydrogen-bond acceptors (Lipinski definition) is 7. The summed E-state index contributed by atoms with van der Waals surface area (Å²) in [5.41, 5.74) is -3.11. The predicted octanol–water partition coefficient (Wildman–Crippen LogP) is 5.29. The van der Waals surface area contributed by atoms with Crippen LogP contribution in [0.1, 0.15) is 53.7 Å². The molecule has 0 saturated carbocycles. The Labute approximate surface area is 177 Å². The van der Waals surface area contributed by atoms with Gasteiger partial charge in [-0.25, -0.2) is 32.7 Å². The molecule has 0 aromatic carbocycles. The predicted molar refractivity (Wildman–Crippen MR) is 105 cm³/mol. The summed E-state index contributed by atoms with van der Waals surface area (Å²) in [6, 6.07) is 1.03. The number of pyridine rings is 1. The molecular formula is C20H23F3N4O4. The molecular weight excluding hydrogens is 417 g/mol. The number of amides is 2. The molecule has 31 heavy (non-hydrogen) atoms. The second-order valence-electron chi connectivity index (χ2n) is 8.45. The van der Waals surface area contributed by atoms with Gasteiger partial charge in [0.15, 0.2) is 11.5 Å². The molecule has 168 valence electrons. The maximum atomic E-state index is 13.8. The van der Waals surface area contributed by atoms with Gasteiger partial charge < -0.3 is 9.47 Å². The number of hydrogen-bond donors (Lipinski definition) is 0. The van der Waals surface area contributed by atoms with Crippen LogP contribution < -0.4 is 4.90 Å². The van der Waals surface area contributed by atoms with E-state index in [9.17, 15) is 22.8 Å². The van der Waals surface area contributed by atoms with E-state index in [1.807, 2.05) is 0 Å². The van der Waals surface area contributed by atoms with Gasteiger partial charge in [0.05, 0.1) is 18.1 Å². The molecule has 0 aliphatic heterocycles. The average Bonchev–Trinajstić information content (AvgIpc) is 2.58. The second-order valence-corrected chi connectivity index (χ2v) is 8.45. The molecule has 2 aromatic rings. The lowest BCUT2D eigenvalue weighted by atomic mass is 10.2. The maximum absolute atomic E-state index is 13.8. The molecule has 2 aromatic heterocycles. The highest BCUT2D eigenvalue weighted by Gasteiger charge is 2.37. The Morgan fingerprint density at radius 2 is 1.52 bits per heavy atom. The van der Waals surface area contributed by atoms with Crippen LogP contribution in [0, 0.1) is 5.82 Å². The van der Waals surface area contributed by atoms with Gasteiger partial charge in [0.1, 0.15) is 17.0 Å². The lowest BCUT2D eigenvalue weighted by Crippen LogP contribution is -2.44. The van der Waals surface area contributed by atoms with Crippen LogP contribution in [0.4, 0.5) is 28.6 Å². The van der Waals surface area contributed by atoms with Gasteiger partial charge in [0.25, 0.3) is 6.43 Å². The number of rotatable bonds is 3. The van der Waals surface area contributed by atoms with Crippen molar-refractivity contribution in [3.63, 3.8) is 0 Å². The van der Waals surface area contributed by atoms with Crippen LogP contribution in [-0.4, -0.2) is 38.3 Å². The standard InChI is InChI=1S/C20H23F3N4O4/c1-19(2,3)30-17(28)27(18(29)31-20(4,5)6)16-14(15(22)23)26-13(10-25-16)11-7-12(21)9-24-8-11/h7-10,15H,1-6H3. The molecule has 0 fully saturated rings. The summed E-state index contributed by atoms with van der Waals surface area (Å²) in [7, 11) is 0. The van der Waals surface area contributed by atoms with Crippen molar-refractivity contribution in [1.29, 1.82) is 0 Å². The lowest BCUT2D eigenvalue weighted by Gasteiger charge is -2.28. The van der Waals surface area contributed by atoms with Gasteiger partial charge in [-0.2, -0.15) is 4.90 Å². The van der Waals surface area contributed by atoms with Crippen LogP contribution in [0.5, 0.6) is 0 Å². The first kappa shape index (κ1) is 24.0. The van der Waals surface area contributed by atoms with E-state index in [4.69, 9.17) is 9.47 Å². The van der Waals surface area contributed by atoms with Crippen molar-refractivity contribution in [3.05, 3.63) is 36.2 Å². The first-order valence-corrected chi connectivity index (χ1v) is 9.20. The zero-order chi connectivity index (χ0) is 23.6. The van der Waals surface area contributed by atoms with E-state index in [0.29, 0.717) is 0 Å². The van der Waals surface area contributed by atoms with Crippen LogP contribution in [0.3, 0.4) is 0 Å². The number of aromatic nitrogens is 3. The number of anilines is 1. The lowest BCUT2D eigenvalue weighted by molar-refractivity contribution is 0.0426. The fraction of sp³-hybridized carbons (Fsp3) is 0.450. The normalized spacial score (nSPS) is 11.9. The quantitative estimate of drug-likeness (QED) is 0.640. The molecule has 8 nitrogen and oxygen atoms in total. The topological polar surface area (TPSA) is 94.5 Å². The van der Waals surface area contributed by atoms with E-state index < -0.39 is 47.1 Å². The summed E-state index contributed by atoms with van der Waals surface area (Å²) in [5, 5.41) is 0. The van der Waals surface area contributed by atoms with Crippen molar-refractivity contribution in [2.45, 2.75) is 59.2 Å². The Bertz CT molecular complexity index is 944. The van der Waals surface area contributed by atoms with Crippen LogP contribution >= 0.6 is 0 Å². The first-order chi connectivity index (χ1) is 14.2. The fourth-order valence-corrected chi connectivity index (χ4v) is 2.27. The molecule has 0 saturated heterocycles. The van der Waals surface area contributed by atoms with Gasteiger partial charge in [0, 0.05) is 11.8 Å². The van der Waals surface area contributed by atoms with E-state index >= 15 is 0 Å². The number of carbonyl (C=O) groups is 2. The molecule has 0 atom stereocenters. The van der Waals surface area contributed by atoms with E-state index in [1.165, 1.54) is 47.7 Å². The van der Waals surface area contributed by atoms with Gasteiger partial charge in [-0.1, -0.05) is 0 Å². The van der Waals surface area contributed by atoms with Gasteiger partial charge >= 0.3 is 12.2 Å². The minimum atomic E-state index is -3.23. The zero-order valence-electron chi connectivity index (χ0n) is 17.9. The molecule has 0 unspecified atom stereocenters. The third-order valence-corrected chi connectivity index (χ3v) is 3.35. The summed E-state index contributed by atoms with van der Waals surface area (Å²) in [6.07, 6.45) is -2.60. The number of ether oxygens (including phenoxy) is 2. The molecule has 2 heterocycles. The van der Waals surface area contributed by atoms with Crippen LogP contribution in [-0.2, 0) is 9.47 Å². The van der Waals surface area contributed by atoms with Gasteiger partial charge in [-0.05, 0) is 47.6 Å². The van der Waals surface area contributed by atoms with Gasteiger partial charge in [-0.3, -0.25) is 4.98 Å². The Kier molecular flexibility index (Phi) is 6.87. The minimum absolute atomic E-state index is 0.0852. The number of nitrogens with zero attached hydrogens (tertiary/aromatic N) is 4. The highest BCUT2D eigenvalue weighted by atomic mass is 19.3. The van der Waals surface area contributed by atoms with Gasteiger partial charge in [0.2, 0.25) is 0 Å². The van der Waals surface area contributed by atoms with Crippen LogP contribution in [0.25, 0.3) is 11.3 Å². The first-order valence-electron chi connectivity index (χ1n) is 9.20. The summed E-state index contributed by atoms with van der Waals surface area (Å²) in [5.74, 6) is -1.46. The Hall–Kier alpha value is -3.24. The molecule has 0 radical (unpaired) electrons. The fourth-order valence-electron chi connectivity index (χ4n) is 2.27. The smallest absolute Gasteiger partial charge is 0.425 e. The van der Waals surface area contributed by atoms with E-state index in [2.05, 4.69) is 15.0 Å². The largest absolute Gasteiger partial charge is 0.443 e. The Morgan fingerprint density at radius 1 is 0.968 bits per heavy atom. The summed E-state index contributed by atoms with van der Waals surface area (Å²) < 4.78 is 51.5. The highest BCUT2D eigenvalue weighted by Crippen LogP contribution is 2.31. The van der Waals surface area contributed by atoms with Crippen molar-refractivity contribution in [2.75, 3.05) is 4.90 Å². The molecule has 0 aliphatic carbocycles. The van der Waals surface area contributed by atoms with Crippen molar-refractivity contribution in [2.24, 2.45) is 0 Å². The summed E-state index contributed by atoms with van der Waals surface area (Å²) in [4.78, 5) is 36.9. The monoisotopic (exact) mass is 440 g/mol. The maximum Gasteiger partial charge on any atom is 0.425 e. The van der Waals surface area contributed by atoms with E-state index in [1.54, 1.807) is 0 Å². The number of carbonyl (C=O) groups excluding carboxylic acids is 2. The third-order valence-electron chi connectivity index (χ3n) is 3.35. The molecule has 0 bridgehead atoms. The van der Waals surface area contributed by atoms with Crippen molar-refractivity contribution in [3.8, 4) is 11.3 Å². The Balaban J connectivity index is 2.60. The van der Waals surface area contributed by atoms with Crippen LogP contribution in [0.15, 0.2) is 24.7 Å². The van der Waals surface area contributed by atoms with Crippen molar-refractivity contribution < 1.29 is 32.2 Å². The molecule has 11 heteroatoms. The molecule has 0 spiro atoms. The summed E-state index contributed by atoms with van der Waals surface area (Å²) >= 11 is 0. The zero-order valence-corrected chi connectivity index (χ0v) is 17.9. The number of imide groups is 1. The molecule has 0 N–H and O–H groups in total. The third kappa shape index (κ3) is 6.63.